The van der Waals surface area contributed by atoms with Gasteiger partial charge in [-0.25, -0.2) is 0 Å². The predicted molar refractivity (Wildman–Crippen MR) is 27.0 cm³/mol. The Hall–Kier alpha value is -0.230. The van der Waals surface area contributed by atoms with Crippen LogP contribution in [0.25, 0.3) is 0 Å². The molecular formula is C4H6O2P+. The van der Waals surface area contributed by atoms with Crippen LogP contribution in [-0.4, -0.2) is 18.1 Å². The van der Waals surface area contributed by atoms with E-state index in [4.69, 9.17) is 0 Å². The lowest BCUT2D eigenvalue weighted by atomic mass is 10.4. The summed E-state index contributed by atoms with van der Waals surface area (Å²) < 4.78 is 10.4. The van der Waals surface area contributed by atoms with Gasteiger partial charge in [0.1, 0.15) is 0 Å². The first-order valence-corrected chi connectivity index (χ1v) is 3.86. The molecule has 1 saturated heterocycles. The van der Waals surface area contributed by atoms with Crippen LogP contribution in [0.4, 0.5) is 0 Å². The van der Waals surface area contributed by atoms with Crippen molar-refractivity contribution in [3.05, 3.63) is 0 Å². The quantitative estimate of drug-likeness (QED) is 0.439. The van der Waals surface area contributed by atoms with Crippen LogP contribution in [0.5, 0.6) is 0 Å². The van der Waals surface area contributed by atoms with Crippen molar-refractivity contribution in [1.82, 2.24) is 0 Å². The maximum absolute atomic E-state index is 10.4. The molecule has 2 nitrogen and oxygen atoms in total. The van der Waals surface area contributed by atoms with Crippen molar-refractivity contribution in [3.8, 4) is 0 Å². The molecule has 1 unspecified atom stereocenters. The Labute approximate surface area is 42.7 Å². The lowest BCUT2D eigenvalue weighted by Gasteiger charge is -1.63. The van der Waals surface area contributed by atoms with Gasteiger partial charge in [0, 0.05) is 0 Å². The van der Waals surface area contributed by atoms with Crippen LogP contribution in [-0.2, 0) is 9.36 Å². The van der Waals surface area contributed by atoms with Crippen molar-refractivity contribution in [2.24, 2.45) is 0 Å². The number of hydrogen-bond acceptors (Lipinski definition) is 2. The van der Waals surface area contributed by atoms with Gasteiger partial charge in [-0.05, 0) is 0 Å². The van der Waals surface area contributed by atoms with Crippen LogP contribution in [0.3, 0.4) is 0 Å². The van der Waals surface area contributed by atoms with Crippen LogP contribution in [0.15, 0.2) is 0 Å². The molecule has 0 aromatic carbocycles. The van der Waals surface area contributed by atoms with E-state index in [2.05, 4.69) is 0 Å². The number of Topliss-reactive ketones (excluding diaryl/α,β-unsaturated/α-hetero) is 1. The summed E-state index contributed by atoms with van der Waals surface area (Å²) in [4.78, 5) is 10.3. The molecule has 0 radical (unpaired) electrons. The third kappa shape index (κ3) is 1.07. The van der Waals surface area contributed by atoms with Gasteiger partial charge < -0.3 is 0 Å². The summed E-state index contributed by atoms with van der Waals surface area (Å²) in [6.07, 6.45) is 1.53. The fraction of sp³-hybridized carbons (Fsp3) is 0.750. The van der Waals surface area contributed by atoms with Crippen LogP contribution < -0.4 is 0 Å². The van der Waals surface area contributed by atoms with Crippen molar-refractivity contribution < 1.29 is 9.36 Å². The summed E-state index contributed by atoms with van der Waals surface area (Å²) >= 11 is 0. The number of ketones is 1. The fourth-order valence-electron chi connectivity index (χ4n) is 0.604. The van der Waals surface area contributed by atoms with Crippen molar-refractivity contribution >= 4 is 13.6 Å². The second-order valence-electron chi connectivity index (χ2n) is 1.65. The molecule has 1 fully saturated rings. The average Bonchev–Trinajstić information content (AvgIpc) is 1.87. The minimum absolute atomic E-state index is 0.168. The Bertz CT molecular complexity index is 105. The average molecular weight is 117 g/mol. The second kappa shape index (κ2) is 1.71. The largest absolute Gasteiger partial charge is 0.346 e. The highest BCUT2D eigenvalue weighted by molar-refractivity contribution is 7.46. The van der Waals surface area contributed by atoms with Gasteiger partial charge in [-0.1, -0.05) is 4.57 Å². The minimum atomic E-state index is -1.10. The maximum atomic E-state index is 10.4. The first kappa shape index (κ1) is 4.92. The lowest BCUT2D eigenvalue weighted by Crippen LogP contribution is -1.89. The van der Waals surface area contributed by atoms with E-state index >= 15 is 0 Å². The summed E-state index contributed by atoms with van der Waals surface area (Å²) in [5.41, 5.74) is 0. The molecule has 0 spiro atoms. The highest BCUT2D eigenvalue weighted by atomic mass is 31.1. The first-order valence-electron chi connectivity index (χ1n) is 2.23. The van der Waals surface area contributed by atoms with Crippen molar-refractivity contribution in [3.63, 3.8) is 0 Å². The van der Waals surface area contributed by atoms with E-state index < -0.39 is 7.80 Å². The van der Waals surface area contributed by atoms with Gasteiger partial charge in [0.15, 0.2) is 11.9 Å². The highest BCUT2D eigenvalue weighted by Gasteiger charge is 2.29. The van der Waals surface area contributed by atoms with E-state index in [1.165, 1.54) is 0 Å². The predicted octanol–water partition coefficient (Wildman–Crippen LogP) is 0.787. The molecule has 3 heteroatoms. The molecule has 1 aliphatic heterocycles. The smallest absolute Gasteiger partial charge is 0.295 e. The minimum Gasteiger partial charge on any atom is -0.295 e. The number of carbonyl (C=O) groups excluding carboxylic acids is 1. The molecule has 0 bridgehead atoms. The van der Waals surface area contributed by atoms with E-state index in [-0.39, 0.29) is 5.78 Å². The van der Waals surface area contributed by atoms with E-state index in [1.807, 2.05) is 0 Å². The molecule has 38 valence electrons. The SMILES string of the molecule is O=C1CC[P+](=O)C1. The third-order valence-electron chi connectivity index (χ3n) is 0.993. The molecule has 1 heterocycles. The van der Waals surface area contributed by atoms with E-state index in [9.17, 15) is 9.36 Å². The van der Waals surface area contributed by atoms with Gasteiger partial charge in [-0.3, -0.25) is 4.79 Å². The Morgan fingerprint density at radius 3 is 2.43 bits per heavy atom. The molecule has 0 N–H and O–H groups in total. The third-order valence-corrected chi connectivity index (χ3v) is 2.42. The van der Waals surface area contributed by atoms with Crippen LogP contribution in [0, 0.1) is 0 Å². The standard InChI is InChI=1S/C4H6O2P/c5-4-1-2-7(6)3-4/h1-3H2/q+1. The Kier molecular flexibility index (Phi) is 1.20. The van der Waals surface area contributed by atoms with E-state index in [1.54, 1.807) is 0 Å². The second-order valence-corrected chi connectivity index (χ2v) is 3.38. The molecule has 7 heavy (non-hydrogen) atoms. The summed E-state index contributed by atoms with van der Waals surface area (Å²) in [5, 5.41) is 0. The zero-order chi connectivity index (χ0) is 5.28. The zero-order valence-electron chi connectivity index (χ0n) is 3.89. The summed E-state index contributed by atoms with van der Waals surface area (Å²) in [5.74, 6) is 0.168. The Balaban J connectivity index is 2.55. The first-order chi connectivity index (χ1) is 3.29. The molecule has 1 rings (SSSR count). The van der Waals surface area contributed by atoms with Crippen LogP contribution >= 0.6 is 7.80 Å². The number of carbonyl (C=O) groups is 1. The van der Waals surface area contributed by atoms with Crippen LogP contribution in [0.1, 0.15) is 6.42 Å². The summed E-state index contributed by atoms with van der Waals surface area (Å²) in [7, 11) is -1.10. The summed E-state index contributed by atoms with van der Waals surface area (Å²) in [6, 6.07) is 0. The molecular weight excluding hydrogens is 111 g/mol. The Morgan fingerprint density at radius 2 is 2.29 bits per heavy atom. The van der Waals surface area contributed by atoms with Crippen molar-refractivity contribution in [2.75, 3.05) is 12.3 Å². The maximum Gasteiger partial charge on any atom is 0.346 e. The van der Waals surface area contributed by atoms with Gasteiger partial charge in [-0.2, -0.15) is 0 Å². The van der Waals surface area contributed by atoms with Crippen LogP contribution in [0.2, 0.25) is 0 Å². The molecule has 0 aromatic rings. The number of rotatable bonds is 0. The topological polar surface area (TPSA) is 34.1 Å². The highest BCUT2D eigenvalue weighted by Crippen LogP contribution is 2.27. The molecule has 1 atom stereocenters. The van der Waals surface area contributed by atoms with E-state index in [0.29, 0.717) is 18.7 Å². The van der Waals surface area contributed by atoms with Gasteiger partial charge in [0.05, 0.1) is 6.42 Å². The van der Waals surface area contributed by atoms with E-state index in [0.717, 1.165) is 0 Å². The molecule has 0 aliphatic carbocycles. The molecule has 0 aromatic heterocycles. The fourth-order valence-corrected chi connectivity index (χ4v) is 1.81. The van der Waals surface area contributed by atoms with Crippen molar-refractivity contribution in [2.45, 2.75) is 6.42 Å². The van der Waals surface area contributed by atoms with Gasteiger partial charge in [0.25, 0.3) is 0 Å². The number of hydrogen-bond donors (Lipinski definition) is 0. The van der Waals surface area contributed by atoms with Gasteiger partial charge in [-0.15, -0.1) is 0 Å². The monoisotopic (exact) mass is 117 g/mol. The normalized spacial score (nSPS) is 26.3. The van der Waals surface area contributed by atoms with Crippen molar-refractivity contribution in [1.29, 1.82) is 0 Å². The van der Waals surface area contributed by atoms with Gasteiger partial charge in [0.2, 0.25) is 6.16 Å². The molecule has 1 aliphatic rings. The zero-order valence-corrected chi connectivity index (χ0v) is 4.78. The Morgan fingerprint density at radius 1 is 1.57 bits per heavy atom. The summed E-state index contributed by atoms with van der Waals surface area (Å²) in [6.45, 7) is 0. The molecule has 0 saturated carbocycles. The lowest BCUT2D eigenvalue weighted by molar-refractivity contribution is -0.115. The molecule has 0 amide bonds. The van der Waals surface area contributed by atoms with Gasteiger partial charge >= 0.3 is 7.80 Å².